The molecule has 0 aliphatic carbocycles. The minimum absolute atomic E-state index is 0.0760. The average Bonchev–Trinajstić information content (AvgIpc) is 2.44. The van der Waals surface area contributed by atoms with E-state index in [0.29, 0.717) is 5.75 Å². The summed E-state index contributed by atoms with van der Waals surface area (Å²) in [5.41, 5.74) is 16.9. The Bertz CT molecular complexity index is 540. The number of thioether (sulfide) groups is 1. The van der Waals surface area contributed by atoms with E-state index in [4.69, 9.17) is 22.3 Å². The van der Waals surface area contributed by atoms with Gasteiger partial charge in [0.25, 0.3) is 0 Å². The van der Waals surface area contributed by atoms with E-state index in [9.17, 15) is 18.0 Å². The lowest BCUT2D eigenvalue weighted by Crippen LogP contribution is -2.30. The van der Waals surface area contributed by atoms with Crippen LogP contribution in [0, 0.1) is 0 Å². The Morgan fingerprint density at radius 3 is 2.30 bits per heavy atom. The van der Waals surface area contributed by atoms with Gasteiger partial charge >= 0.3 is 12.1 Å². The van der Waals surface area contributed by atoms with Crippen LogP contribution in [0.2, 0.25) is 0 Å². The number of aliphatic carboxylic acids is 1. The van der Waals surface area contributed by atoms with Gasteiger partial charge in [0, 0.05) is 0 Å². The number of hydrogen-bond donors (Lipinski definition) is 4. The van der Waals surface area contributed by atoms with Crippen LogP contribution in [0.25, 0.3) is 0 Å². The third-order valence-electron chi connectivity index (χ3n) is 3.35. The van der Waals surface area contributed by atoms with Gasteiger partial charge in [-0.25, -0.2) is 0 Å². The first-order chi connectivity index (χ1) is 10.6. The molecule has 0 saturated carbocycles. The van der Waals surface area contributed by atoms with Gasteiger partial charge in [-0.05, 0) is 42.0 Å². The molecule has 0 saturated heterocycles. The molecular weight excluding hydrogens is 331 g/mol. The lowest BCUT2D eigenvalue weighted by atomic mass is 9.95. The van der Waals surface area contributed by atoms with Crippen LogP contribution in [0.4, 0.5) is 24.5 Å². The molecule has 0 aliphatic heterocycles. The van der Waals surface area contributed by atoms with E-state index >= 15 is 0 Å². The number of halogens is 3. The van der Waals surface area contributed by atoms with Crippen LogP contribution < -0.4 is 17.2 Å². The van der Waals surface area contributed by atoms with E-state index in [1.54, 1.807) is 0 Å². The topological polar surface area (TPSA) is 115 Å². The van der Waals surface area contributed by atoms with Crippen LogP contribution in [-0.4, -0.2) is 34.8 Å². The molecule has 23 heavy (non-hydrogen) atoms. The smallest absolute Gasteiger partial charge is 0.395 e. The van der Waals surface area contributed by atoms with E-state index in [1.807, 2.05) is 0 Å². The SMILES string of the molecule is Nc1ccc(C(CCSCCC(N)C(=O)O)C(F)(F)F)cc1N. The summed E-state index contributed by atoms with van der Waals surface area (Å²) in [6, 6.07) is 2.95. The normalized spacial score (nSPS) is 14.4. The molecule has 0 amide bonds. The van der Waals surface area contributed by atoms with Gasteiger partial charge in [-0.1, -0.05) is 6.07 Å². The fraction of sp³-hybridized carbons (Fsp3) is 0.500. The molecule has 7 N–H and O–H groups in total. The molecule has 0 bridgehead atoms. The van der Waals surface area contributed by atoms with Crippen molar-refractivity contribution in [1.29, 1.82) is 0 Å². The highest BCUT2D eigenvalue weighted by molar-refractivity contribution is 7.99. The van der Waals surface area contributed by atoms with Crippen molar-refractivity contribution < 1.29 is 23.1 Å². The molecule has 130 valence electrons. The van der Waals surface area contributed by atoms with Crippen molar-refractivity contribution in [3.05, 3.63) is 23.8 Å². The van der Waals surface area contributed by atoms with Crippen LogP contribution in [0.1, 0.15) is 24.3 Å². The summed E-state index contributed by atoms with van der Waals surface area (Å²) in [5, 5.41) is 8.63. The van der Waals surface area contributed by atoms with Gasteiger partial charge in [0.1, 0.15) is 6.04 Å². The minimum atomic E-state index is -4.39. The molecule has 1 aromatic carbocycles. The lowest BCUT2D eigenvalue weighted by Gasteiger charge is -2.21. The highest BCUT2D eigenvalue weighted by Gasteiger charge is 2.40. The first kappa shape index (κ1) is 19.4. The summed E-state index contributed by atoms with van der Waals surface area (Å²) in [6.07, 6.45) is -4.30. The van der Waals surface area contributed by atoms with Gasteiger partial charge in [0.05, 0.1) is 17.3 Å². The van der Waals surface area contributed by atoms with E-state index in [-0.39, 0.29) is 35.5 Å². The Hall–Kier alpha value is -1.61. The van der Waals surface area contributed by atoms with Gasteiger partial charge in [0.15, 0.2) is 0 Å². The summed E-state index contributed by atoms with van der Waals surface area (Å²) >= 11 is 1.25. The minimum Gasteiger partial charge on any atom is -0.480 e. The molecule has 0 aromatic heterocycles. The van der Waals surface area contributed by atoms with Crippen molar-refractivity contribution in [2.45, 2.75) is 31.0 Å². The lowest BCUT2D eigenvalue weighted by molar-refractivity contribution is -0.150. The monoisotopic (exact) mass is 351 g/mol. The second-order valence-corrected chi connectivity index (χ2v) is 6.34. The number of carboxylic acids is 1. The van der Waals surface area contributed by atoms with Gasteiger partial charge in [0.2, 0.25) is 0 Å². The fourth-order valence-electron chi connectivity index (χ4n) is 1.97. The first-order valence-corrected chi connectivity index (χ1v) is 8.06. The number of nitrogens with two attached hydrogens (primary N) is 3. The number of anilines is 2. The Kier molecular flexibility index (Phi) is 7.01. The third kappa shape index (κ3) is 6.19. The van der Waals surface area contributed by atoms with Crippen LogP contribution >= 0.6 is 11.8 Å². The summed E-state index contributed by atoms with van der Waals surface area (Å²) in [7, 11) is 0. The van der Waals surface area contributed by atoms with Crippen molar-refractivity contribution >= 4 is 29.1 Å². The molecule has 0 aliphatic rings. The quantitative estimate of drug-likeness (QED) is 0.422. The molecule has 0 fully saturated rings. The van der Waals surface area contributed by atoms with Crippen molar-refractivity contribution in [3.8, 4) is 0 Å². The zero-order chi connectivity index (χ0) is 17.6. The van der Waals surface area contributed by atoms with Crippen molar-refractivity contribution in [1.82, 2.24) is 0 Å². The number of carboxylic acid groups (broad SMARTS) is 1. The molecule has 0 radical (unpaired) electrons. The predicted molar refractivity (Wildman–Crippen MR) is 86.2 cm³/mol. The van der Waals surface area contributed by atoms with E-state index < -0.39 is 24.1 Å². The largest absolute Gasteiger partial charge is 0.480 e. The van der Waals surface area contributed by atoms with Gasteiger partial charge in [-0.3, -0.25) is 4.79 Å². The molecule has 1 rings (SSSR count). The van der Waals surface area contributed by atoms with Gasteiger partial charge in [-0.15, -0.1) is 0 Å². The summed E-state index contributed by atoms with van der Waals surface area (Å²) in [4.78, 5) is 10.5. The molecule has 5 nitrogen and oxygen atoms in total. The highest BCUT2D eigenvalue weighted by Crippen LogP contribution is 2.39. The summed E-state index contributed by atoms with van der Waals surface area (Å²) in [5.74, 6) is -2.12. The van der Waals surface area contributed by atoms with Crippen molar-refractivity contribution in [2.24, 2.45) is 5.73 Å². The second kappa shape index (κ2) is 8.30. The molecule has 1 aromatic rings. The number of nitrogen functional groups attached to an aromatic ring is 2. The van der Waals surface area contributed by atoms with E-state index in [0.717, 1.165) is 0 Å². The Labute approximate surface area is 136 Å². The number of alkyl halides is 3. The van der Waals surface area contributed by atoms with Crippen molar-refractivity contribution in [2.75, 3.05) is 23.0 Å². The maximum absolute atomic E-state index is 13.2. The Morgan fingerprint density at radius 2 is 1.78 bits per heavy atom. The molecular formula is C14H20F3N3O2S. The Balaban J connectivity index is 2.60. The van der Waals surface area contributed by atoms with Gasteiger partial charge < -0.3 is 22.3 Å². The molecule has 2 unspecified atom stereocenters. The maximum Gasteiger partial charge on any atom is 0.395 e. The van der Waals surface area contributed by atoms with Crippen LogP contribution in [-0.2, 0) is 4.79 Å². The number of rotatable bonds is 8. The Morgan fingerprint density at radius 1 is 1.17 bits per heavy atom. The zero-order valence-corrected chi connectivity index (χ0v) is 13.2. The highest BCUT2D eigenvalue weighted by atomic mass is 32.2. The standard InChI is InChI=1S/C14H20F3N3O2S/c15-14(16,17)9(8-1-2-10(18)12(20)7-8)3-5-23-6-4-11(19)13(21)22/h1-2,7,9,11H,3-6,18-20H2,(H,21,22). The van der Waals surface area contributed by atoms with E-state index in [2.05, 4.69) is 0 Å². The summed E-state index contributed by atoms with van der Waals surface area (Å²) < 4.78 is 39.6. The van der Waals surface area contributed by atoms with Crippen LogP contribution in [0.15, 0.2) is 18.2 Å². The second-order valence-electron chi connectivity index (χ2n) is 5.12. The third-order valence-corrected chi connectivity index (χ3v) is 4.40. The predicted octanol–water partition coefficient (Wildman–Crippen LogP) is 2.42. The van der Waals surface area contributed by atoms with Gasteiger partial charge in [-0.2, -0.15) is 24.9 Å². The number of carbonyl (C=O) groups is 1. The van der Waals surface area contributed by atoms with Crippen molar-refractivity contribution in [3.63, 3.8) is 0 Å². The van der Waals surface area contributed by atoms with Crippen LogP contribution in [0.5, 0.6) is 0 Å². The average molecular weight is 351 g/mol. The number of hydrogen-bond acceptors (Lipinski definition) is 5. The number of benzene rings is 1. The summed E-state index contributed by atoms with van der Waals surface area (Å²) in [6.45, 7) is 0. The maximum atomic E-state index is 13.2. The van der Waals surface area contributed by atoms with Crippen LogP contribution in [0.3, 0.4) is 0 Å². The molecule has 2 atom stereocenters. The fourth-order valence-corrected chi connectivity index (χ4v) is 2.99. The molecule has 0 heterocycles. The molecule has 9 heteroatoms. The first-order valence-electron chi connectivity index (χ1n) is 6.90. The molecule has 0 spiro atoms. The van der Waals surface area contributed by atoms with E-state index in [1.165, 1.54) is 30.0 Å². The zero-order valence-electron chi connectivity index (χ0n) is 12.3.